The second-order valence-electron chi connectivity index (χ2n) is 10.3. The zero-order valence-electron chi connectivity index (χ0n) is 24.8. The van der Waals surface area contributed by atoms with E-state index in [1.54, 1.807) is 0 Å². The van der Waals surface area contributed by atoms with Gasteiger partial charge in [-0.05, 0) is 23.3 Å². The molecule has 5 heterocycles. The zero-order valence-corrected chi connectivity index (χ0v) is 27.2. The molecule has 2 atom stereocenters. The van der Waals surface area contributed by atoms with E-state index < -0.39 is 70.5 Å². The van der Waals surface area contributed by atoms with Crippen molar-refractivity contribution in [3.05, 3.63) is 63.6 Å². The lowest BCUT2D eigenvalue weighted by Gasteiger charge is -2.49. The Morgan fingerprint density at radius 2 is 1.86 bits per heavy atom. The van der Waals surface area contributed by atoms with Gasteiger partial charge in [0.25, 0.3) is 11.8 Å². The topological polar surface area (TPSA) is 305 Å². The maximum absolute atomic E-state index is 13.4. The molecule has 6 rings (SSSR count). The molecule has 4 aromatic rings. The predicted molar refractivity (Wildman–Crippen MR) is 173 cm³/mol. The van der Waals surface area contributed by atoms with Crippen molar-refractivity contribution in [1.29, 1.82) is 0 Å². The number of aromatic nitrogens is 5. The molecule has 2 amide bonds. The largest absolute Gasteiger partial charge is 0.504 e. The van der Waals surface area contributed by atoms with E-state index in [1.807, 2.05) is 0 Å². The van der Waals surface area contributed by atoms with Crippen molar-refractivity contribution < 1.29 is 54.3 Å². The molecule has 2 aliphatic rings. The third kappa shape index (κ3) is 6.42. The van der Waals surface area contributed by atoms with Crippen LogP contribution < -0.4 is 11.1 Å². The molecular formula is C27H21N9O11S3. The summed E-state index contributed by atoms with van der Waals surface area (Å²) in [6.45, 7) is -0.452. The van der Waals surface area contributed by atoms with Crippen LogP contribution in [-0.4, -0.2) is 114 Å². The number of carboxylic acid groups (broad SMARTS) is 3. The quantitative estimate of drug-likeness (QED) is 0.0258. The van der Waals surface area contributed by atoms with Crippen LogP contribution in [0.2, 0.25) is 0 Å². The molecule has 50 heavy (non-hydrogen) atoms. The van der Waals surface area contributed by atoms with Gasteiger partial charge < -0.3 is 41.4 Å². The van der Waals surface area contributed by atoms with Gasteiger partial charge in [-0.15, -0.1) is 40.0 Å². The number of rotatable bonds is 12. The van der Waals surface area contributed by atoms with Crippen molar-refractivity contribution in [2.45, 2.75) is 23.0 Å². The van der Waals surface area contributed by atoms with E-state index in [-0.39, 0.29) is 44.9 Å². The molecule has 23 heteroatoms. The predicted octanol–water partition coefficient (Wildman–Crippen LogP) is 0.422. The van der Waals surface area contributed by atoms with Gasteiger partial charge in [-0.25, -0.2) is 24.4 Å². The lowest BCUT2D eigenvalue weighted by Crippen LogP contribution is -2.71. The number of thiazole rings is 1. The maximum Gasteiger partial charge on any atom is 0.354 e. The van der Waals surface area contributed by atoms with E-state index in [0.717, 1.165) is 40.1 Å². The van der Waals surface area contributed by atoms with Gasteiger partial charge in [-0.2, -0.15) is 4.52 Å². The molecular weight excluding hydrogens is 723 g/mol. The number of phenols is 2. The fourth-order valence-corrected chi connectivity index (χ4v) is 7.90. The number of nitrogen functional groups attached to an aromatic ring is 1. The summed E-state index contributed by atoms with van der Waals surface area (Å²) in [5, 5.41) is 63.4. The maximum atomic E-state index is 13.4. The molecule has 2 aliphatic heterocycles. The number of nitrogens with two attached hydrogens (primary N) is 1. The number of nitrogens with zero attached hydrogens (tertiary/aromatic N) is 7. The first-order valence-corrected chi connectivity index (χ1v) is 16.7. The summed E-state index contributed by atoms with van der Waals surface area (Å²) in [6.07, 6.45) is 1.27. The van der Waals surface area contributed by atoms with Crippen LogP contribution >= 0.6 is 34.9 Å². The molecule has 1 saturated heterocycles. The van der Waals surface area contributed by atoms with Gasteiger partial charge >= 0.3 is 17.9 Å². The molecule has 8 N–H and O–H groups in total. The van der Waals surface area contributed by atoms with Gasteiger partial charge in [0, 0.05) is 23.0 Å². The standard InChI is InChI=1S/C27H21N9O11S3/c28-27-31-13(8-50-27)17(33-47-5-9-1-11(24(41)42)20(38)14(37)2-9)21(39)32-18-22(40)35-19(26(45)46)10(7-49-23(18)35)6-48-16-3-12(25(43)44)30-15-4-29-34-36(15)16/h1-4,8,18,23,37-38H,5-7H2,(H2,28,31)(H,32,39)(H,41,42)(H,43,44)(H,45,46)/t18-,23-/m1/s1. The summed E-state index contributed by atoms with van der Waals surface area (Å²) in [5.74, 6) is -7.16. The smallest absolute Gasteiger partial charge is 0.354 e. The third-order valence-corrected chi connectivity index (χ3v) is 10.2. The van der Waals surface area contributed by atoms with E-state index in [2.05, 4.69) is 30.8 Å². The van der Waals surface area contributed by atoms with Crippen molar-refractivity contribution >= 4 is 81.1 Å². The van der Waals surface area contributed by atoms with Crippen molar-refractivity contribution in [2.75, 3.05) is 17.2 Å². The minimum Gasteiger partial charge on any atom is -0.504 e. The summed E-state index contributed by atoms with van der Waals surface area (Å²) < 4.78 is 1.30. The Hall–Kier alpha value is -5.94. The first-order valence-electron chi connectivity index (χ1n) is 13.8. The number of carbonyl (C=O) groups is 5. The van der Waals surface area contributed by atoms with E-state index in [0.29, 0.717) is 10.6 Å². The number of fused-ring (bicyclic) bond motifs is 2. The summed E-state index contributed by atoms with van der Waals surface area (Å²) in [4.78, 5) is 76.4. The number of amides is 2. The molecule has 0 unspecified atom stereocenters. The number of aliphatic carboxylic acids is 1. The van der Waals surface area contributed by atoms with Crippen LogP contribution in [0.4, 0.5) is 5.13 Å². The van der Waals surface area contributed by atoms with Crippen LogP contribution in [0.15, 0.2) is 51.2 Å². The van der Waals surface area contributed by atoms with E-state index >= 15 is 0 Å². The second-order valence-corrected chi connectivity index (χ2v) is 13.3. The first kappa shape index (κ1) is 33.9. The Morgan fingerprint density at radius 1 is 1.08 bits per heavy atom. The van der Waals surface area contributed by atoms with Crippen molar-refractivity contribution in [3.63, 3.8) is 0 Å². The number of hydrogen-bond donors (Lipinski definition) is 7. The highest BCUT2D eigenvalue weighted by Gasteiger charge is 2.54. The number of carbonyl (C=O) groups excluding carboxylic acids is 2. The normalized spacial score (nSPS) is 17.3. The minimum absolute atomic E-state index is 0.0150. The number of hydrogen-bond acceptors (Lipinski definition) is 17. The molecule has 1 aromatic carbocycles. The molecule has 1 fully saturated rings. The van der Waals surface area contributed by atoms with E-state index in [9.17, 15) is 49.5 Å². The van der Waals surface area contributed by atoms with Crippen LogP contribution in [0.3, 0.4) is 0 Å². The Balaban J connectivity index is 1.18. The SMILES string of the molecule is Nc1nc(C(=NOCc2cc(O)c(O)c(C(=O)O)c2)C(=O)N[C@@H]2C(=O)N3C(C(=O)O)=C(CSc4cc(C(=O)O)nc5cnnn45)CS[C@H]23)cs1. The van der Waals surface area contributed by atoms with Gasteiger partial charge in [0.15, 0.2) is 33.7 Å². The van der Waals surface area contributed by atoms with Gasteiger partial charge in [0.05, 0.1) is 6.20 Å². The Bertz CT molecular complexity index is 2170. The van der Waals surface area contributed by atoms with E-state index in [4.69, 9.17) is 10.6 Å². The average Bonchev–Trinajstić information content (AvgIpc) is 3.74. The zero-order chi connectivity index (χ0) is 35.9. The number of benzene rings is 1. The highest BCUT2D eigenvalue weighted by molar-refractivity contribution is 8.01. The summed E-state index contributed by atoms with van der Waals surface area (Å²) in [5.41, 5.74) is 4.80. The number of β-lactam (4-membered cyclic amide) rings is 1. The van der Waals surface area contributed by atoms with E-state index in [1.165, 1.54) is 33.9 Å². The molecule has 258 valence electrons. The highest BCUT2D eigenvalue weighted by atomic mass is 32.2. The monoisotopic (exact) mass is 743 g/mol. The van der Waals surface area contributed by atoms with Crippen molar-refractivity contribution in [2.24, 2.45) is 5.16 Å². The molecule has 0 spiro atoms. The summed E-state index contributed by atoms with van der Waals surface area (Å²) in [7, 11) is 0. The van der Waals surface area contributed by atoms with Crippen LogP contribution in [0.1, 0.15) is 32.1 Å². The molecule has 20 nitrogen and oxygen atoms in total. The van der Waals surface area contributed by atoms with Gasteiger partial charge in [-0.1, -0.05) is 10.4 Å². The average molecular weight is 744 g/mol. The Labute approximate surface area is 290 Å². The van der Waals surface area contributed by atoms with Crippen molar-refractivity contribution in [3.8, 4) is 11.5 Å². The van der Waals surface area contributed by atoms with Gasteiger partial charge in [0.1, 0.15) is 40.0 Å². The second kappa shape index (κ2) is 13.5. The van der Waals surface area contributed by atoms with Crippen molar-refractivity contribution in [1.82, 2.24) is 35.0 Å². The lowest BCUT2D eigenvalue weighted by molar-refractivity contribution is -0.150. The highest BCUT2D eigenvalue weighted by Crippen LogP contribution is 2.42. The number of nitrogens with one attached hydrogen (secondary N) is 1. The summed E-state index contributed by atoms with van der Waals surface area (Å²) >= 11 is 3.26. The van der Waals surface area contributed by atoms with Gasteiger partial charge in [-0.3, -0.25) is 14.5 Å². The van der Waals surface area contributed by atoms with Crippen LogP contribution in [-0.2, 0) is 25.8 Å². The Morgan fingerprint density at radius 3 is 2.54 bits per heavy atom. The number of aromatic carboxylic acids is 2. The molecule has 0 radical (unpaired) electrons. The number of carboxylic acids is 3. The number of thioether (sulfide) groups is 2. The van der Waals surface area contributed by atoms with Crippen LogP contribution in [0.5, 0.6) is 11.5 Å². The number of aromatic hydroxyl groups is 2. The fraction of sp³-hybridized carbons (Fsp3) is 0.185. The van der Waals surface area contributed by atoms with Gasteiger partial charge in [0.2, 0.25) is 0 Å². The molecule has 3 aromatic heterocycles. The molecule has 0 saturated carbocycles. The minimum atomic E-state index is -1.51. The molecule has 0 bridgehead atoms. The number of phenolic OH excluding ortho intramolecular Hbond substituents is 1. The van der Waals surface area contributed by atoms with Crippen LogP contribution in [0.25, 0.3) is 5.65 Å². The lowest BCUT2D eigenvalue weighted by atomic mass is 10.0. The molecule has 0 aliphatic carbocycles. The fourth-order valence-electron chi connectivity index (χ4n) is 4.87. The third-order valence-electron chi connectivity index (χ3n) is 7.13. The number of anilines is 1. The first-order chi connectivity index (χ1) is 23.8. The summed E-state index contributed by atoms with van der Waals surface area (Å²) in [6, 6.07) is 2.18. The Kier molecular flexibility index (Phi) is 9.18. The van der Waals surface area contributed by atoms with Crippen LogP contribution in [0, 0.1) is 0 Å². The number of oxime groups is 1.